The van der Waals surface area contributed by atoms with E-state index < -0.39 is 11.8 Å². The van der Waals surface area contributed by atoms with Gasteiger partial charge < -0.3 is 19.1 Å². The van der Waals surface area contributed by atoms with Gasteiger partial charge in [0, 0.05) is 30.8 Å². The van der Waals surface area contributed by atoms with E-state index in [0.29, 0.717) is 26.2 Å². The maximum atomic E-state index is 12.6. The molecule has 0 radical (unpaired) electrons. The molecule has 0 atom stereocenters. The molecular weight excluding hydrogens is 334 g/mol. The van der Waals surface area contributed by atoms with E-state index in [-0.39, 0.29) is 11.1 Å². The zero-order valence-electron chi connectivity index (χ0n) is 14.7. The highest BCUT2D eigenvalue weighted by Crippen LogP contribution is 2.39. The van der Waals surface area contributed by atoms with Crippen LogP contribution < -0.4 is 5.56 Å². The van der Waals surface area contributed by atoms with Crippen LogP contribution in [0.5, 0.6) is 0 Å². The predicted molar refractivity (Wildman–Crippen MR) is 97.3 cm³/mol. The van der Waals surface area contributed by atoms with Crippen molar-refractivity contribution in [1.29, 1.82) is 0 Å². The number of pyridine rings is 1. The number of nitrogens with zero attached hydrogens (tertiary/aromatic N) is 1. The third-order valence-corrected chi connectivity index (χ3v) is 5.27. The molecule has 2 aromatic rings. The van der Waals surface area contributed by atoms with Gasteiger partial charge in [0.25, 0.3) is 5.56 Å². The van der Waals surface area contributed by atoms with Crippen LogP contribution in [0.1, 0.15) is 42.1 Å². The molecule has 1 aliphatic heterocycles. The molecule has 1 aliphatic carbocycles. The van der Waals surface area contributed by atoms with Crippen molar-refractivity contribution in [1.82, 2.24) is 4.57 Å². The van der Waals surface area contributed by atoms with E-state index in [2.05, 4.69) is 6.08 Å². The number of allylic oxidation sites excluding steroid dienone is 1. The molecule has 6 heteroatoms. The van der Waals surface area contributed by atoms with Crippen molar-refractivity contribution in [2.75, 3.05) is 13.2 Å². The summed E-state index contributed by atoms with van der Waals surface area (Å²) in [7, 11) is 0. The van der Waals surface area contributed by atoms with Crippen molar-refractivity contribution in [3.63, 3.8) is 0 Å². The van der Waals surface area contributed by atoms with Crippen molar-refractivity contribution in [3.8, 4) is 0 Å². The quantitative estimate of drug-likeness (QED) is 0.916. The Labute approximate surface area is 150 Å². The number of aromatic nitrogens is 1. The summed E-state index contributed by atoms with van der Waals surface area (Å²) in [4.78, 5) is 24.0. The topological polar surface area (TPSA) is 77.8 Å². The third kappa shape index (κ3) is 2.75. The van der Waals surface area contributed by atoms with Crippen molar-refractivity contribution in [2.24, 2.45) is 0 Å². The van der Waals surface area contributed by atoms with Crippen LogP contribution in [0.4, 0.5) is 0 Å². The smallest absolute Gasteiger partial charge is 0.335 e. The Balaban J connectivity index is 1.86. The highest BCUT2D eigenvalue weighted by molar-refractivity contribution is 5.98. The minimum Gasteiger partial charge on any atom is -0.478 e. The summed E-state index contributed by atoms with van der Waals surface area (Å²) in [6, 6.07) is 6.55. The summed E-state index contributed by atoms with van der Waals surface area (Å²) in [5, 5.41) is 10.1. The normalized spacial score (nSPS) is 19.0. The van der Waals surface area contributed by atoms with E-state index >= 15 is 0 Å². The zero-order chi connectivity index (χ0) is 18.3. The standard InChI is InChI=1S/C20H21NO5/c1-2-21-17-4-3-14(19(23)24)11-16(17)15(12-18(21)22)13-5-7-20(8-6-13)25-9-10-26-20/h3-5,11-12H,2,6-10H2,1H3,(H,23,24). The van der Waals surface area contributed by atoms with Gasteiger partial charge in [-0.3, -0.25) is 4.79 Å². The average molecular weight is 355 g/mol. The Morgan fingerprint density at radius 2 is 2.04 bits per heavy atom. The molecule has 0 saturated carbocycles. The second-order valence-corrected chi connectivity index (χ2v) is 6.72. The lowest BCUT2D eigenvalue weighted by Gasteiger charge is -2.31. The summed E-state index contributed by atoms with van der Waals surface area (Å²) in [6.45, 7) is 3.66. The number of benzene rings is 1. The minimum absolute atomic E-state index is 0.0763. The lowest BCUT2D eigenvalue weighted by molar-refractivity contribution is -0.159. The summed E-state index contributed by atoms with van der Waals surface area (Å²) in [5.74, 6) is -1.50. The van der Waals surface area contributed by atoms with Crippen LogP contribution >= 0.6 is 0 Å². The van der Waals surface area contributed by atoms with Crippen molar-refractivity contribution in [3.05, 3.63) is 51.8 Å². The monoisotopic (exact) mass is 355 g/mol. The fourth-order valence-electron chi connectivity index (χ4n) is 3.92. The Kier molecular flexibility index (Phi) is 4.17. The van der Waals surface area contributed by atoms with Gasteiger partial charge in [-0.25, -0.2) is 4.79 Å². The van der Waals surface area contributed by atoms with Gasteiger partial charge in [0.05, 0.1) is 24.3 Å². The Morgan fingerprint density at radius 1 is 1.27 bits per heavy atom. The van der Waals surface area contributed by atoms with Gasteiger partial charge in [-0.1, -0.05) is 6.08 Å². The lowest BCUT2D eigenvalue weighted by Crippen LogP contribution is -2.31. The van der Waals surface area contributed by atoms with Crippen LogP contribution in [0, 0.1) is 0 Å². The number of fused-ring (bicyclic) bond motifs is 1. The van der Waals surface area contributed by atoms with Gasteiger partial charge >= 0.3 is 5.97 Å². The number of aromatic carboxylic acids is 1. The second-order valence-electron chi connectivity index (χ2n) is 6.72. The van der Waals surface area contributed by atoms with Gasteiger partial charge in [-0.2, -0.15) is 0 Å². The summed E-state index contributed by atoms with van der Waals surface area (Å²) in [5.41, 5.74) is 2.76. The van der Waals surface area contributed by atoms with E-state index in [9.17, 15) is 14.7 Å². The zero-order valence-corrected chi connectivity index (χ0v) is 14.7. The number of ether oxygens (including phenoxy) is 2. The van der Waals surface area contributed by atoms with Crippen LogP contribution in [0.25, 0.3) is 16.5 Å². The van der Waals surface area contributed by atoms with E-state index in [1.165, 1.54) is 0 Å². The molecule has 1 N–H and O–H groups in total. The van der Waals surface area contributed by atoms with Gasteiger partial charge in [-0.05, 0) is 42.7 Å². The molecule has 0 bridgehead atoms. The number of carbonyl (C=O) groups is 1. The number of rotatable bonds is 3. The van der Waals surface area contributed by atoms with Crippen LogP contribution in [0.3, 0.4) is 0 Å². The van der Waals surface area contributed by atoms with E-state index in [0.717, 1.165) is 34.9 Å². The Morgan fingerprint density at radius 3 is 2.65 bits per heavy atom. The van der Waals surface area contributed by atoms with Crippen LogP contribution in [-0.2, 0) is 16.0 Å². The fraction of sp³-hybridized carbons (Fsp3) is 0.400. The molecule has 1 fully saturated rings. The third-order valence-electron chi connectivity index (χ3n) is 5.27. The number of hydrogen-bond donors (Lipinski definition) is 1. The van der Waals surface area contributed by atoms with E-state index in [1.54, 1.807) is 28.8 Å². The summed E-state index contributed by atoms with van der Waals surface area (Å²) in [6.07, 6.45) is 4.16. The molecule has 26 heavy (non-hydrogen) atoms. The number of hydrogen-bond acceptors (Lipinski definition) is 4. The number of carboxylic acid groups (broad SMARTS) is 1. The first-order valence-electron chi connectivity index (χ1n) is 8.91. The maximum absolute atomic E-state index is 12.6. The lowest BCUT2D eigenvalue weighted by atomic mass is 9.88. The van der Waals surface area contributed by atoms with Crippen molar-refractivity contribution < 1.29 is 19.4 Å². The molecule has 2 aliphatic rings. The molecule has 1 saturated heterocycles. The molecule has 136 valence electrons. The first kappa shape index (κ1) is 17.0. The highest BCUT2D eigenvalue weighted by atomic mass is 16.7. The Bertz CT molecular complexity index is 966. The molecule has 4 rings (SSSR count). The summed E-state index contributed by atoms with van der Waals surface area (Å²) >= 11 is 0. The van der Waals surface area contributed by atoms with Gasteiger partial charge in [0.1, 0.15) is 0 Å². The fourth-order valence-corrected chi connectivity index (χ4v) is 3.92. The van der Waals surface area contributed by atoms with Crippen LogP contribution in [0.15, 0.2) is 35.1 Å². The average Bonchev–Trinajstić information content (AvgIpc) is 3.09. The van der Waals surface area contributed by atoms with Gasteiger partial charge in [0.15, 0.2) is 5.79 Å². The van der Waals surface area contributed by atoms with Gasteiger partial charge in [-0.15, -0.1) is 0 Å². The summed E-state index contributed by atoms with van der Waals surface area (Å²) < 4.78 is 13.2. The van der Waals surface area contributed by atoms with Crippen LogP contribution in [-0.4, -0.2) is 34.6 Å². The molecule has 2 heterocycles. The Hall–Kier alpha value is -2.44. The predicted octanol–water partition coefficient (Wildman–Crippen LogP) is 3.03. The molecular formula is C20H21NO5. The van der Waals surface area contributed by atoms with Gasteiger partial charge in [0.2, 0.25) is 0 Å². The molecule has 0 unspecified atom stereocenters. The van der Waals surface area contributed by atoms with E-state index in [1.807, 2.05) is 6.92 Å². The molecule has 1 spiro atoms. The second kappa shape index (κ2) is 6.37. The largest absolute Gasteiger partial charge is 0.478 e. The van der Waals surface area contributed by atoms with Crippen LogP contribution in [0.2, 0.25) is 0 Å². The maximum Gasteiger partial charge on any atom is 0.335 e. The SMILES string of the molecule is CCn1c(=O)cc(C2=CCC3(CC2)OCCO3)c2cc(C(=O)O)ccc21. The first-order valence-corrected chi connectivity index (χ1v) is 8.91. The molecule has 6 nitrogen and oxygen atoms in total. The number of carboxylic acids is 1. The van der Waals surface area contributed by atoms with E-state index in [4.69, 9.17) is 9.47 Å². The first-order chi connectivity index (χ1) is 12.5. The number of aryl methyl sites for hydroxylation is 1. The van der Waals surface area contributed by atoms with Crippen molar-refractivity contribution >= 4 is 22.4 Å². The molecule has 1 aromatic carbocycles. The molecule has 0 amide bonds. The molecule has 1 aromatic heterocycles. The minimum atomic E-state index is -0.976. The highest BCUT2D eigenvalue weighted by Gasteiger charge is 2.37. The van der Waals surface area contributed by atoms with Crippen molar-refractivity contribution in [2.45, 2.75) is 38.5 Å².